The Balaban J connectivity index is 2.06. The predicted molar refractivity (Wildman–Crippen MR) is 80.5 cm³/mol. The summed E-state index contributed by atoms with van der Waals surface area (Å²) in [6.45, 7) is 5.37. The van der Waals surface area contributed by atoms with Gasteiger partial charge >= 0.3 is 0 Å². The third-order valence-corrected chi connectivity index (χ3v) is 3.77. The molecular weight excluding hydrogens is 254 g/mol. The van der Waals surface area contributed by atoms with Crippen LogP contribution >= 0.6 is 11.5 Å². The van der Waals surface area contributed by atoms with Crippen molar-refractivity contribution in [3.8, 4) is 0 Å². The molecule has 0 amide bonds. The highest BCUT2D eigenvalue weighted by molar-refractivity contribution is 7.03. The molecule has 19 heavy (non-hydrogen) atoms. The average Bonchev–Trinajstić information content (AvgIpc) is 2.98. The Morgan fingerprint density at radius 1 is 1.16 bits per heavy atom. The SMILES string of the molecule is CCCNC(Cc1ccc(CC)cc1)c1csnn1. The van der Waals surface area contributed by atoms with Gasteiger partial charge in [0.25, 0.3) is 0 Å². The first-order valence-corrected chi connectivity index (χ1v) is 7.75. The highest BCUT2D eigenvalue weighted by atomic mass is 32.1. The molecule has 4 heteroatoms. The lowest BCUT2D eigenvalue weighted by Crippen LogP contribution is -2.24. The largest absolute Gasteiger partial charge is 0.308 e. The van der Waals surface area contributed by atoms with E-state index in [1.807, 2.05) is 5.38 Å². The number of nitrogens with one attached hydrogen (secondary N) is 1. The molecule has 0 radical (unpaired) electrons. The lowest BCUT2D eigenvalue weighted by Gasteiger charge is -2.16. The fourth-order valence-electron chi connectivity index (χ4n) is 2.07. The van der Waals surface area contributed by atoms with E-state index in [2.05, 4.69) is 53.0 Å². The van der Waals surface area contributed by atoms with Gasteiger partial charge in [-0.2, -0.15) is 0 Å². The number of hydrogen-bond acceptors (Lipinski definition) is 4. The van der Waals surface area contributed by atoms with Crippen LogP contribution in [-0.2, 0) is 12.8 Å². The van der Waals surface area contributed by atoms with E-state index in [1.165, 1.54) is 22.7 Å². The summed E-state index contributed by atoms with van der Waals surface area (Å²) in [4.78, 5) is 0. The minimum Gasteiger partial charge on any atom is -0.308 e. The van der Waals surface area contributed by atoms with Gasteiger partial charge in [0, 0.05) is 5.38 Å². The molecule has 1 unspecified atom stereocenters. The smallest absolute Gasteiger partial charge is 0.0928 e. The number of benzene rings is 1. The van der Waals surface area contributed by atoms with Crippen molar-refractivity contribution in [2.75, 3.05) is 6.54 Å². The van der Waals surface area contributed by atoms with Gasteiger partial charge in [0.2, 0.25) is 0 Å². The summed E-state index contributed by atoms with van der Waals surface area (Å²) >= 11 is 1.42. The fourth-order valence-corrected chi connectivity index (χ4v) is 2.58. The fraction of sp³-hybridized carbons (Fsp3) is 0.467. The van der Waals surface area contributed by atoms with E-state index in [9.17, 15) is 0 Å². The summed E-state index contributed by atoms with van der Waals surface area (Å²) in [5.41, 5.74) is 3.79. The van der Waals surface area contributed by atoms with Gasteiger partial charge in [-0.1, -0.05) is 42.6 Å². The van der Waals surface area contributed by atoms with E-state index in [-0.39, 0.29) is 6.04 Å². The molecule has 1 aromatic heterocycles. The van der Waals surface area contributed by atoms with Crippen LogP contribution < -0.4 is 5.32 Å². The van der Waals surface area contributed by atoms with Gasteiger partial charge in [-0.05, 0) is 48.5 Å². The van der Waals surface area contributed by atoms with E-state index in [0.29, 0.717) is 0 Å². The van der Waals surface area contributed by atoms with E-state index in [0.717, 1.165) is 31.5 Å². The molecule has 2 rings (SSSR count). The minimum absolute atomic E-state index is 0.270. The molecule has 1 aromatic carbocycles. The summed E-state index contributed by atoms with van der Waals surface area (Å²) < 4.78 is 3.97. The summed E-state index contributed by atoms with van der Waals surface area (Å²) in [6, 6.07) is 9.14. The van der Waals surface area contributed by atoms with Crippen LogP contribution in [0.25, 0.3) is 0 Å². The van der Waals surface area contributed by atoms with Gasteiger partial charge in [-0.3, -0.25) is 0 Å². The third-order valence-electron chi connectivity index (χ3n) is 3.25. The topological polar surface area (TPSA) is 37.8 Å². The average molecular weight is 275 g/mol. The second-order valence-electron chi connectivity index (χ2n) is 4.71. The molecule has 0 saturated heterocycles. The Morgan fingerprint density at radius 2 is 1.89 bits per heavy atom. The van der Waals surface area contributed by atoms with E-state index < -0.39 is 0 Å². The standard InChI is InChI=1S/C15H21N3S/c1-3-9-16-14(15-11-19-18-17-15)10-13-7-5-12(4-2)6-8-13/h5-8,11,14,16H,3-4,9-10H2,1-2H3. The Kier molecular flexibility index (Phi) is 5.48. The molecule has 0 saturated carbocycles. The first kappa shape index (κ1) is 14.2. The second kappa shape index (κ2) is 7.36. The molecule has 1 atom stereocenters. The molecule has 0 spiro atoms. The van der Waals surface area contributed by atoms with Crippen molar-refractivity contribution in [2.24, 2.45) is 0 Å². The van der Waals surface area contributed by atoms with Crippen molar-refractivity contribution in [3.63, 3.8) is 0 Å². The molecule has 0 aliphatic rings. The highest BCUT2D eigenvalue weighted by Crippen LogP contribution is 2.18. The van der Waals surface area contributed by atoms with Gasteiger partial charge in [0.15, 0.2) is 0 Å². The van der Waals surface area contributed by atoms with Gasteiger partial charge in [0.1, 0.15) is 0 Å². The number of rotatable bonds is 7. The molecule has 1 N–H and O–H groups in total. The van der Waals surface area contributed by atoms with Crippen LogP contribution in [0.1, 0.15) is 43.1 Å². The zero-order valence-electron chi connectivity index (χ0n) is 11.6. The van der Waals surface area contributed by atoms with Crippen LogP contribution in [0.4, 0.5) is 0 Å². The van der Waals surface area contributed by atoms with Crippen LogP contribution in [0.2, 0.25) is 0 Å². The normalized spacial score (nSPS) is 12.5. The van der Waals surface area contributed by atoms with Crippen LogP contribution in [-0.4, -0.2) is 16.1 Å². The molecule has 0 fully saturated rings. The first-order valence-electron chi connectivity index (χ1n) is 6.91. The van der Waals surface area contributed by atoms with Gasteiger partial charge in [-0.25, -0.2) is 0 Å². The van der Waals surface area contributed by atoms with E-state index in [1.54, 1.807) is 0 Å². The molecular formula is C15H21N3S. The monoisotopic (exact) mass is 275 g/mol. The maximum absolute atomic E-state index is 4.21. The van der Waals surface area contributed by atoms with E-state index >= 15 is 0 Å². The van der Waals surface area contributed by atoms with Gasteiger partial charge in [0.05, 0.1) is 11.7 Å². The van der Waals surface area contributed by atoms with Crippen molar-refractivity contribution in [2.45, 2.75) is 39.2 Å². The van der Waals surface area contributed by atoms with Crippen molar-refractivity contribution in [3.05, 3.63) is 46.5 Å². The predicted octanol–water partition coefficient (Wildman–Crippen LogP) is 3.38. The summed E-state index contributed by atoms with van der Waals surface area (Å²) in [5.74, 6) is 0. The van der Waals surface area contributed by atoms with Crippen LogP contribution in [0.5, 0.6) is 0 Å². The van der Waals surface area contributed by atoms with Crippen molar-refractivity contribution in [1.82, 2.24) is 14.9 Å². The number of aromatic nitrogens is 2. The first-order chi connectivity index (χ1) is 9.33. The summed E-state index contributed by atoms with van der Waals surface area (Å²) in [7, 11) is 0. The lowest BCUT2D eigenvalue weighted by atomic mass is 10.0. The Bertz CT molecular complexity index is 465. The Labute approximate surface area is 119 Å². The molecule has 102 valence electrons. The Hall–Kier alpha value is -1.26. The summed E-state index contributed by atoms with van der Waals surface area (Å²) in [5, 5.41) is 9.79. The molecule has 2 aromatic rings. The molecule has 0 bridgehead atoms. The summed E-state index contributed by atoms with van der Waals surface area (Å²) in [6.07, 6.45) is 3.19. The van der Waals surface area contributed by atoms with Gasteiger partial charge in [-0.15, -0.1) is 5.10 Å². The maximum Gasteiger partial charge on any atom is 0.0928 e. The number of aryl methyl sites for hydroxylation is 1. The Morgan fingerprint density at radius 3 is 2.47 bits per heavy atom. The molecule has 3 nitrogen and oxygen atoms in total. The number of hydrogen-bond donors (Lipinski definition) is 1. The van der Waals surface area contributed by atoms with E-state index in [4.69, 9.17) is 0 Å². The molecule has 1 heterocycles. The van der Waals surface area contributed by atoms with Crippen molar-refractivity contribution >= 4 is 11.5 Å². The zero-order valence-corrected chi connectivity index (χ0v) is 12.4. The van der Waals surface area contributed by atoms with Gasteiger partial charge < -0.3 is 5.32 Å². The third kappa shape index (κ3) is 4.11. The maximum atomic E-state index is 4.21. The number of nitrogens with zero attached hydrogens (tertiary/aromatic N) is 2. The lowest BCUT2D eigenvalue weighted by molar-refractivity contribution is 0.517. The highest BCUT2D eigenvalue weighted by Gasteiger charge is 2.14. The van der Waals surface area contributed by atoms with Crippen LogP contribution in [0.15, 0.2) is 29.6 Å². The van der Waals surface area contributed by atoms with Crippen molar-refractivity contribution in [1.29, 1.82) is 0 Å². The zero-order chi connectivity index (χ0) is 13.5. The molecule has 0 aliphatic carbocycles. The minimum atomic E-state index is 0.270. The van der Waals surface area contributed by atoms with Crippen molar-refractivity contribution < 1.29 is 0 Å². The quantitative estimate of drug-likeness (QED) is 0.841. The molecule has 0 aliphatic heterocycles. The van der Waals surface area contributed by atoms with Crippen LogP contribution in [0, 0.1) is 0 Å². The second-order valence-corrected chi connectivity index (χ2v) is 5.32. The van der Waals surface area contributed by atoms with Crippen LogP contribution in [0.3, 0.4) is 0 Å².